The number of rotatable bonds is 9. The van der Waals surface area contributed by atoms with Crippen LogP contribution in [0.2, 0.25) is 0 Å². The lowest BCUT2D eigenvalue weighted by molar-refractivity contribution is 0.206. The highest BCUT2D eigenvalue weighted by molar-refractivity contribution is 9.09. The Kier molecular flexibility index (Phi) is 7.84. The minimum absolute atomic E-state index is 0.0474. The zero-order chi connectivity index (χ0) is 15.0. The third-order valence-electron chi connectivity index (χ3n) is 3.27. The number of methoxy groups -OCH3 is 1. The molecule has 1 aromatic rings. The first kappa shape index (κ1) is 17.2. The standard InChI is InChI=1S/C14H24BrN3O2/c1-4-5-12(9-15)11-18-14(19)8-13(10-16-18)17(2)6-7-20-3/h8,10,12H,4-7,9,11H2,1-3H3. The van der Waals surface area contributed by atoms with E-state index in [2.05, 4.69) is 28.0 Å². The second kappa shape index (κ2) is 9.13. The Morgan fingerprint density at radius 3 is 2.85 bits per heavy atom. The van der Waals surface area contributed by atoms with Gasteiger partial charge < -0.3 is 9.64 Å². The van der Waals surface area contributed by atoms with E-state index < -0.39 is 0 Å². The quantitative estimate of drug-likeness (QED) is 0.643. The highest BCUT2D eigenvalue weighted by Gasteiger charge is 2.10. The van der Waals surface area contributed by atoms with Crippen molar-refractivity contribution in [3.63, 3.8) is 0 Å². The summed E-state index contributed by atoms with van der Waals surface area (Å²) in [7, 11) is 3.59. The number of hydrogen-bond acceptors (Lipinski definition) is 4. The van der Waals surface area contributed by atoms with E-state index in [1.165, 1.54) is 0 Å². The van der Waals surface area contributed by atoms with Crippen molar-refractivity contribution in [2.45, 2.75) is 26.3 Å². The molecule has 0 amide bonds. The van der Waals surface area contributed by atoms with E-state index in [4.69, 9.17) is 4.74 Å². The maximum atomic E-state index is 12.1. The number of hydrogen-bond donors (Lipinski definition) is 0. The molecule has 0 aromatic carbocycles. The third-order valence-corrected chi connectivity index (χ3v) is 4.19. The van der Waals surface area contributed by atoms with E-state index in [0.29, 0.717) is 19.1 Å². The van der Waals surface area contributed by atoms with Crippen molar-refractivity contribution in [1.29, 1.82) is 0 Å². The van der Waals surface area contributed by atoms with Crippen molar-refractivity contribution in [1.82, 2.24) is 9.78 Å². The second-order valence-corrected chi connectivity index (χ2v) is 5.60. The third kappa shape index (κ3) is 5.25. The fourth-order valence-corrected chi connectivity index (χ4v) is 2.53. The van der Waals surface area contributed by atoms with Crippen LogP contribution in [0.1, 0.15) is 19.8 Å². The summed E-state index contributed by atoms with van der Waals surface area (Å²) in [6.45, 7) is 4.18. The first-order valence-corrected chi connectivity index (χ1v) is 8.07. The summed E-state index contributed by atoms with van der Waals surface area (Å²) in [5, 5.41) is 5.17. The molecule has 1 rings (SSSR count). The van der Waals surface area contributed by atoms with Gasteiger partial charge in [-0.25, -0.2) is 4.68 Å². The maximum absolute atomic E-state index is 12.1. The van der Waals surface area contributed by atoms with Gasteiger partial charge in [-0.1, -0.05) is 29.3 Å². The van der Waals surface area contributed by atoms with E-state index in [1.54, 1.807) is 24.1 Å². The van der Waals surface area contributed by atoms with Crippen LogP contribution >= 0.6 is 15.9 Å². The van der Waals surface area contributed by atoms with Gasteiger partial charge in [0.1, 0.15) is 0 Å². The SMILES string of the molecule is CCCC(CBr)Cn1ncc(N(C)CCOC)cc1=O. The minimum Gasteiger partial charge on any atom is -0.383 e. The lowest BCUT2D eigenvalue weighted by Gasteiger charge is -2.19. The molecule has 0 spiro atoms. The van der Waals surface area contributed by atoms with Crippen molar-refractivity contribution < 1.29 is 4.74 Å². The van der Waals surface area contributed by atoms with Crippen molar-refractivity contribution >= 4 is 21.6 Å². The number of alkyl halides is 1. The molecule has 0 radical (unpaired) electrons. The van der Waals surface area contributed by atoms with Crippen LogP contribution in [0, 0.1) is 5.92 Å². The molecule has 0 fully saturated rings. The molecule has 0 aliphatic heterocycles. The summed E-state index contributed by atoms with van der Waals surface area (Å²) in [5.74, 6) is 0.447. The Hall–Kier alpha value is -0.880. The Morgan fingerprint density at radius 2 is 2.30 bits per heavy atom. The van der Waals surface area contributed by atoms with Crippen molar-refractivity contribution in [3.8, 4) is 0 Å². The molecule has 5 nitrogen and oxygen atoms in total. The fraction of sp³-hybridized carbons (Fsp3) is 0.714. The van der Waals surface area contributed by atoms with Gasteiger partial charge in [-0.3, -0.25) is 4.79 Å². The van der Waals surface area contributed by atoms with Gasteiger partial charge in [0, 0.05) is 38.6 Å². The summed E-state index contributed by atoms with van der Waals surface area (Å²) in [6.07, 6.45) is 3.95. The molecule has 0 saturated carbocycles. The van der Waals surface area contributed by atoms with Crippen molar-refractivity contribution in [2.24, 2.45) is 5.92 Å². The first-order chi connectivity index (χ1) is 9.62. The molecule has 0 aliphatic carbocycles. The zero-order valence-corrected chi connectivity index (χ0v) is 14.1. The topological polar surface area (TPSA) is 47.4 Å². The van der Waals surface area contributed by atoms with Gasteiger partial charge in [0.05, 0.1) is 18.5 Å². The largest absolute Gasteiger partial charge is 0.383 e. The molecule has 0 aliphatic rings. The number of nitrogens with zero attached hydrogens (tertiary/aromatic N) is 3. The van der Waals surface area contributed by atoms with Gasteiger partial charge in [-0.05, 0) is 12.3 Å². The van der Waals surface area contributed by atoms with Crippen LogP contribution in [0.5, 0.6) is 0 Å². The number of likely N-dealkylation sites (N-methyl/N-ethyl adjacent to an activating group) is 1. The molecule has 0 bridgehead atoms. The predicted molar refractivity (Wildman–Crippen MR) is 85.8 cm³/mol. The van der Waals surface area contributed by atoms with Crippen molar-refractivity contribution in [3.05, 3.63) is 22.6 Å². The highest BCUT2D eigenvalue weighted by Crippen LogP contribution is 2.12. The zero-order valence-electron chi connectivity index (χ0n) is 12.5. The van der Waals surface area contributed by atoms with E-state index >= 15 is 0 Å². The number of ether oxygens (including phenoxy) is 1. The van der Waals surface area contributed by atoms with Crippen LogP contribution in [-0.4, -0.2) is 42.4 Å². The normalized spacial score (nSPS) is 12.4. The molecule has 1 atom stereocenters. The van der Waals surface area contributed by atoms with Crippen LogP contribution in [-0.2, 0) is 11.3 Å². The molecule has 1 aromatic heterocycles. The lowest BCUT2D eigenvalue weighted by atomic mass is 10.1. The van der Waals surface area contributed by atoms with E-state index in [0.717, 1.165) is 30.4 Å². The van der Waals surface area contributed by atoms with Gasteiger partial charge in [0.15, 0.2) is 0 Å². The summed E-state index contributed by atoms with van der Waals surface area (Å²) in [5.41, 5.74) is 0.781. The molecule has 114 valence electrons. The van der Waals surface area contributed by atoms with Gasteiger partial charge >= 0.3 is 0 Å². The molecule has 1 heterocycles. The first-order valence-electron chi connectivity index (χ1n) is 6.95. The van der Waals surface area contributed by atoms with Crippen LogP contribution in [0.4, 0.5) is 5.69 Å². The average Bonchev–Trinajstić information content (AvgIpc) is 2.45. The Bertz CT molecular complexity index is 450. The smallest absolute Gasteiger partial charge is 0.268 e. The average molecular weight is 346 g/mol. The summed E-state index contributed by atoms with van der Waals surface area (Å²) < 4.78 is 6.58. The van der Waals surface area contributed by atoms with Gasteiger partial charge in [0.2, 0.25) is 0 Å². The Labute approximate surface area is 129 Å². The monoisotopic (exact) mass is 345 g/mol. The highest BCUT2D eigenvalue weighted by atomic mass is 79.9. The summed E-state index contributed by atoms with van der Waals surface area (Å²) in [4.78, 5) is 14.1. The Balaban J connectivity index is 2.75. The molecule has 20 heavy (non-hydrogen) atoms. The second-order valence-electron chi connectivity index (χ2n) is 4.96. The molecule has 1 unspecified atom stereocenters. The summed E-state index contributed by atoms with van der Waals surface area (Å²) in [6, 6.07) is 1.64. The van der Waals surface area contributed by atoms with E-state index in [-0.39, 0.29) is 5.56 Å². The predicted octanol–water partition coefficient (Wildman–Crippen LogP) is 2.14. The van der Waals surface area contributed by atoms with E-state index in [9.17, 15) is 4.79 Å². The van der Waals surface area contributed by atoms with Crippen molar-refractivity contribution in [2.75, 3.05) is 37.5 Å². The van der Waals surface area contributed by atoms with E-state index in [1.807, 2.05) is 11.9 Å². The van der Waals surface area contributed by atoms with Gasteiger partial charge in [0.25, 0.3) is 5.56 Å². The molecular formula is C14H24BrN3O2. The number of anilines is 1. The Morgan fingerprint density at radius 1 is 1.55 bits per heavy atom. The summed E-state index contributed by atoms with van der Waals surface area (Å²) >= 11 is 3.50. The molecule has 6 heteroatoms. The van der Waals surface area contributed by atoms with Crippen LogP contribution in [0.15, 0.2) is 17.1 Å². The number of halogens is 1. The number of aromatic nitrogens is 2. The molecular weight excluding hydrogens is 322 g/mol. The minimum atomic E-state index is -0.0474. The lowest BCUT2D eigenvalue weighted by Crippen LogP contribution is -2.29. The molecule has 0 saturated heterocycles. The van der Waals surface area contributed by atoms with Gasteiger partial charge in [-0.2, -0.15) is 5.10 Å². The van der Waals surface area contributed by atoms with Crippen LogP contribution in [0.25, 0.3) is 0 Å². The fourth-order valence-electron chi connectivity index (χ4n) is 2.00. The molecule has 0 N–H and O–H groups in total. The van der Waals surface area contributed by atoms with Crippen LogP contribution < -0.4 is 10.5 Å². The van der Waals surface area contributed by atoms with Gasteiger partial charge in [-0.15, -0.1) is 0 Å². The maximum Gasteiger partial charge on any atom is 0.268 e. The van der Waals surface area contributed by atoms with Crippen LogP contribution in [0.3, 0.4) is 0 Å².